The maximum Gasteiger partial charge on any atom is 0.329 e. The van der Waals surface area contributed by atoms with Crippen LogP contribution in [0.4, 0.5) is 0 Å². The van der Waals surface area contributed by atoms with Crippen LogP contribution in [0.1, 0.15) is 75.8 Å². The number of hydrogen-bond donors (Lipinski definition) is 2. The maximum atomic E-state index is 11.1. The summed E-state index contributed by atoms with van der Waals surface area (Å²) in [6.45, 7) is 2.26. The average molecular weight is 388 g/mol. The van der Waals surface area contributed by atoms with E-state index in [0.29, 0.717) is 5.56 Å². The molecule has 4 heteroatoms. The summed E-state index contributed by atoms with van der Waals surface area (Å²) in [6.07, 6.45) is 16.1. The lowest BCUT2D eigenvalue weighted by Gasteiger charge is -2.06. The molecule has 0 spiro atoms. The summed E-state index contributed by atoms with van der Waals surface area (Å²) in [4.78, 5) is 18.2. The fourth-order valence-electron chi connectivity index (χ4n) is 3.37. The normalized spacial score (nSPS) is 12.3. The predicted octanol–water partition coefficient (Wildman–Crippen LogP) is 7.06. The van der Waals surface area contributed by atoms with Crippen molar-refractivity contribution in [2.75, 3.05) is 0 Å². The lowest BCUT2D eigenvalue weighted by atomic mass is 10.0. The molecule has 0 saturated heterocycles. The van der Waals surface area contributed by atoms with Crippen molar-refractivity contribution < 1.29 is 14.4 Å². The molecule has 2 N–H and O–H groups in total. The van der Waals surface area contributed by atoms with Gasteiger partial charge in [0.1, 0.15) is 0 Å². The first-order valence-corrected chi connectivity index (χ1v) is 12.0. The molecule has 0 unspecified atom stereocenters. The van der Waals surface area contributed by atoms with Gasteiger partial charge in [0.25, 0.3) is 0 Å². The zero-order chi connectivity index (χ0) is 19.5. The molecule has 0 aliphatic heterocycles. The van der Waals surface area contributed by atoms with Crippen LogP contribution in [0, 0.1) is 0 Å². The summed E-state index contributed by atoms with van der Waals surface area (Å²) >= 11 is 0. The molecule has 0 radical (unpaired) electrons. The molecule has 148 valence electrons. The van der Waals surface area contributed by atoms with Crippen LogP contribution in [0.25, 0.3) is 16.8 Å². The van der Waals surface area contributed by atoms with Crippen molar-refractivity contribution in [3.05, 3.63) is 53.6 Å². The second-order valence-electron chi connectivity index (χ2n) is 7.43. The quantitative estimate of drug-likeness (QED) is 0.302. The molecule has 0 amide bonds. The summed E-state index contributed by atoms with van der Waals surface area (Å²) in [6, 6.07) is 11.8. The lowest BCUT2D eigenvalue weighted by Crippen LogP contribution is -1.87. The van der Waals surface area contributed by atoms with Gasteiger partial charge in [0.05, 0.1) is 6.16 Å². The molecule has 0 aromatic heterocycles. The standard InChI is InChI=1S/C23H33O3P/c1-2-3-4-5-6-7-8-9-10-11-12-20-13-15-23-18-21(19-27(24,25)26)14-16-22(23)17-20/h11-18H,2-10,19H2,1H3,(H2,24,25,26)/b12-11+. The molecule has 0 heterocycles. The molecular formula is C23H33O3P. The Hall–Kier alpha value is -1.41. The first-order chi connectivity index (χ1) is 13.0. The highest BCUT2D eigenvalue weighted by molar-refractivity contribution is 7.50. The van der Waals surface area contributed by atoms with Gasteiger partial charge >= 0.3 is 7.60 Å². The van der Waals surface area contributed by atoms with Crippen LogP contribution in [0.15, 0.2) is 42.5 Å². The Morgan fingerprint density at radius 2 is 1.48 bits per heavy atom. The molecule has 2 aromatic rings. The van der Waals surface area contributed by atoms with Gasteiger partial charge in [0.15, 0.2) is 0 Å². The van der Waals surface area contributed by atoms with Gasteiger partial charge in [-0.2, -0.15) is 0 Å². The van der Waals surface area contributed by atoms with Gasteiger partial charge in [-0.25, -0.2) is 0 Å². The summed E-state index contributed by atoms with van der Waals surface area (Å²) in [7, 11) is -4.02. The highest BCUT2D eigenvalue weighted by Gasteiger charge is 2.13. The van der Waals surface area contributed by atoms with Crippen LogP contribution in [-0.4, -0.2) is 9.79 Å². The number of benzene rings is 2. The zero-order valence-electron chi connectivity index (χ0n) is 16.4. The largest absolute Gasteiger partial charge is 0.329 e. The number of unbranched alkanes of at least 4 members (excludes halogenated alkanes) is 8. The van der Waals surface area contributed by atoms with Gasteiger partial charge in [-0.15, -0.1) is 0 Å². The van der Waals surface area contributed by atoms with E-state index in [4.69, 9.17) is 9.79 Å². The molecular weight excluding hydrogens is 355 g/mol. The van der Waals surface area contributed by atoms with Gasteiger partial charge in [-0.05, 0) is 40.8 Å². The van der Waals surface area contributed by atoms with Crippen molar-refractivity contribution in [1.29, 1.82) is 0 Å². The minimum absolute atomic E-state index is 0.205. The van der Waals surface area contributed by atoms with E-state index in [9.17, 15) is 4.57 Å². The fraction of sp³-hybridized carbons (Fsp3) is 0.478. The topological polar surface area (TPSA) is 57.5 Å². The Balaban J connectivity index is 1.77. The lowest BCUT2D eigenvalue weighted by molar-refractivity contribution is 0.372. The van der Waals surface area contributed by atoms with Crippen molar-refractivity contribution in [2.45, 2.75) is 70.9 Å². The number of rotatable bonds is 12. The summed E-state index contributed by atoms with van der Waals surface area (Å²) in [5, 5.41) is 2.11. The molecule has 0 bridgehead atoms. The highest BCUT2D eigenvalue weighted by atomic mass is 31.2. The predicted molar refractivity (Wildman–Crippen MR) is 116 cm³/mol. The van der Waals surface area contributed by atoms with E-state index in [0.717, 1.165) is 17.2 Å². The number of allylic oxidation sites excluding steroid dienone is 1. The molecule has 0 saturated carbocycles. The van der Waals surface area contributed by atoms with Gasteiger partial charge < -0.3 is 9.79 Å². The SMILES string of the molecule is CCCCCCCCCC/C=C/c1ccc2cc(CP(=O)(O)O)ccc2c1. The second-order valence-corrected chi connectivity index (χ2v) is 9.08. The molecule has 3 nitrogen and oxygen atoms in total. The average Bonchev–Trinajstić information content (AvgIpc) is 2.62. The van der Waals surface area contributed by atoms with E-state index in [1.807, 2.05) is 18.2 Å². The molecule has 0 atom stereocenters. The number of fused-ring (bicyclic) bond motifs is 1. The Bertz CT molecular complexity index is 776. The first kappa shape index (κ1) is 21.9. The third-order valence-corrected chi connectivity index (χ3v) is 5.63. The minimum atomic E-state index is -4.02. The van der Waals surface area contributed by atoms with E-state index in [2.05, 4.69) is 31.2 Å². The Labute approximate surface area is 163 Å². The van der Waals surface area contributed by atoms with Crippen molar-refractivity contribution in [3.8, 4) is 0 Å². The van der Waals surface area contributed by atoms with Gasteiger partial charge in [0.2, 0.25) is 0 Å². The molecule has 0 aliphatic rings. The smallest absolute Gasteiger partial charge is 0.324 e. The van der Waals surface area contributed by atoms with Gasteiger partial charge in [-0.1, -0.05) is 94.4 Å². The Kier molecular flexibility index (Phi) is 9.27. The van der Waals surface area contributed by atoms with E-state index in [1.165, 1.54) is 56.9 Å². The fourth-order valence-corrected chi connectivity index (χ4v) is 4.04. The summed E-state index contributed by atoms with van der Waals surface area (Å²) in [5.74, 6) is 0. The van der Waals surface area contributed by atoms with Crippen LogP contribution in [-0.2, 0) is 10.7 Å². The molecule has 2 rings (SSSR count). The summed E-state index contributed by atoms with van der Waals surface area (Å²) < 4.78 is 11.1. The third kappa shape index (κ3) is 8.88. The first-order valence-electron chi connectivity index (χ1n) is 10.2. The monoisotopic (exact) mass is 388 g/mol. The maximum absolute atomic E-state index is 11.1. The van der Waals surface area contributed by atoms with Crippen LogP contribution in [0.3, 0.4) is 0 Å². The van der Waals surface area contributed by atoms with Crippen molar-refractivity contribution in [1.82, 2.24) is 0 Å². The Morgan fingerprint density at radius 3 is 2.19 bits per heavy atom. The molecule has 0 aliphatic carbocycles. The second kappa shape index (κ2) is 11.4. The van der Waals surface area contributed by atoms with E-state index in [-0.39, 0.29) is 6.16 Å². The minimum Gasteiger partial charge on any atom is -0.324 e. The van der Waals surface area contributed by atoms with E-state index < -0.39 is 7.60 Å². The van der Waals surface area contributed by atoms with Gasteiger partial charge in [0, 0.05) is 0 Å². The van der Waals surface area contributed by atoms with Crippen molar-refractivity contribution in [2.24, 2.45) is 0 Å². The van der Waals surface area contributed by atoms with Crippen LogP contribution in [0.5, 0.6) is 0 Å². The van der Waals surface area contributed by atoms with Crippen LogP contribution < -0.4 is 0 Å². The molecule has 2 aromatic carbocycles. The zero-order valence-corrected chi connectivity index (χ0v) is 17.3. The highest BCUT2D eigenvalue weighted by Crippen LogP contribution is 2.39. The van der Waals surface area contributed by atoms with E-state index in [1.54, 1.807) is 6.07 Å². The molecule has 0 fully saturated rings. The van der Waals surface area contributed by atoms with Crippen LogP contribution in [0.2, 0.25) is 0 Å². The Morgan fingerprint density at radius 1 is 0.852 bits per heavy atom. The molecule has 27 heavy (non-hydrogen) atoms. The van der Waals surface area contributed by atoms with Crippen molar-refractivity contribution >= 4 is 24.4 Å². The number of hydrogen-bond acceptors (Lipinski definition) is 1. The summed E-state index contributed by atoms with van der Waals surface area (Å²) in [5.41, 5.74) is 1.85. The van der Waals surface area contributed by atoms with Crippen molar-refractivity contribution in [3.63, 3.8) is 0 Å². The van der Waals surface area contributed by atoms with Gasteiger partial charge in [-0.3, -0.25) is 4.57 Å². The van der Waals surface area contributed by atoms with E-state index >= 15 is 0 Å². The third-order valence-electron chi connectivity index (χ3n) is 4.85. The van der Waals surface area contributed by atoms with Crippen LogP contribution >= 0.6 is 7.60 Å².